The lowest BCUT2D eigenvalue weighted by Crippen LogP contribution is -2.58. The predicted octanol–water partition coefficient (Wildman–Crippen LogP) is 2.29. The van der Waals surface area contributed by atoms with Crippen molar-refractivity contribution in [3.8, 4) is 0 Å². The topological polar surface area (TPSA) is 126 Å². The molecule has 0 aromatic carbocycles. The molecule has 0 bridgehead atoms. The zero-order chi connectivity index (χ0) is 24.3. The summed E-state index contributed by atoms with van der Waals surface area (Å²) in [6, 6.07) is 3.86. The molecule has 2 atom stereocenters. The van der Waals surface area contributed by atoms with Crippen LogP contribution in [0.1, 0.15) is 49.0 Å². The minimum atomic E-state index is -2.74. The molecule has 2 fully saturated rings. The van der Waals surface area contributed by atoms with Crippen LogP contribution in [-0.4, -0.2) is 54.8 Å². The Morgan fingerprint density at radius 1 is 1.32 bits per heavy atom. The fourth-order valence-corrected chi connectivity index (χ4v) is 4.39. The summed E-state index contributed by atoms with van der Waals surface area (Å²) >= 11 is 0. The van der Waals surface area contributed by atoms with Crippen molar-refractivity contribution in [2.75, 3.05) is 17.7 Å². The first-order valence-electron chi connectivity index (χ1n) is 11.0. The van der Waals surface area contributed by atoms with E-state index in [0.717, 1.165) is 0 Å². The molecule has 0 radical (unpaired) electrons. The number of fused-ring (bicyclic) bond motifs is 1. The number of nitrogens with one attached hydrogen (secondary N) is 3. The van der Waals surface area contributed by atoms with Gasteiger partial charge in [0.05, 0.1) is 17.8 Å². The van der Waals surface area contributed by atoms with Gasteiger partial charge in [0.2, 0.25) is 0 Å². The third-order valence-corrected chi connectivity index (χ3v) is 6.67. The van der Waals surface area contributed by atoms with Gasteiger partial charge in [-0.1, -0.05) is 0 Å². The molecule has 10 nitrogen and oxygen atoms in total. The number of pyridine rings is 1. The molecular formula is C22H25F2N7O3. The Balaban J connectivity index is 1.45. The Bertz CT molecular complexity index is 1330. The van der Waals surface area contributed by atoms with E-state index >= 15 is 0 Å². The quantitative estimate of drug-likeness (QED) is 0.433. The summed E-state index contributed by atoms with van der Waals surface area (Å²) in [5, 5.41) is 23.2. The van der Waals surface area contributed by atoms with E-state index in [1.165, 1.54) is 21.5 Å². The van der Waals surface area contributed by atoms with Crippen molar-refractivity contribution in [2.24, 2.45) is 0 Å². The number of anilines is 3. The summed E-state index contributed by atoms with van der Waals surface area (Å²) in [7, 11) is 1.68. The van der Waals surface area contributed by atoms with Gasteiger partial charge >= 0.3 is 0 Å². The number of nitrogens with zero attached hydrogens (tertiary/aromatic N) is 4. The van der Waals surface area contributed by atoms with Gasteiger partial charge in [-0.2, -0.15) is 9.61 Å². The van der Waals surface area contributed by atoms with Gasteiger partial charge in [-0.05, 0) is 31.9 Å². The Labute approximate surface area is 193 Å². The van der Waals surface area contributed by atoms with Crippen LogP contribution in [0.3, 0.4) is 0 Å². The number of alkyl halides is 2. The number of amides is 1. The summed E-state index contributed by atoms with van der Waals surface area (Å²) in [5.74, 6) is -2.37. The number of aliphatic hydroxyl groups is 1. The van der Waals surface area contributed by atoms with E-state index < -0.39 is 29.0 Å². The van der Waals surface area contributed by atoms with Crippen LogP contribution in [-0.2, 0) is 0 Å². The van der Waals surface area contributed by atoms with Crippen LogP contribution in [0.15, 0.2) is 35.4 Å². The average Bonchev–Trinajstić information content (AvgIpc) is 3.20. The fraction of sp³-hybridized carbons (Fsp3) is 0.455. The Morgan fingerprint density at radius 3 is 2.71 bits per heavy atom. The van der Waals surface area contributed by atoms with Gasteiger partial charge in [-0.25, -0.2) is 13.8 Å². The standard InChI is InChI=1S/C22H25F2N7O3/c1-21(34)6-5-15(21)28-19(32)13-11-26-31-17(25-2)8-16(29-18(13)31)27-14-4-3-7-30(20(14)33)12-9-22(23,24)10-12/h3-4,7-8,11-12,15,25,34H,5-6,9-10H2,1-2H3,(H,27,29)(H,28,32)/t15-,21-/m1/s1. The number of rotatable bonds is 6. The maximum absolute atomic E-state index is 13.3. The van der Waals surface area contributed by atoms with Crippen molar-refractivity contribution >= 4 is 28.9 Å². The largest absolute Gasteiger partial charge is 0.388 e. The van der Waals surface area contributed by atoms with E-state index in [2.05, 4.69) is 26.0 Å². The van der Waals surface area contributed by atoms with Gasteiger partial charge in [0.25, 0.3) is 17.4 Å². The van der Waals surface area contributed by atoms with Crippen molar-refractivity contribution < 1.29 is 18.7 Å². The van der Waals surface area contributed by atoms with Crippen LogP contribution in [0.2, 0.25) is 0 Å². The molecule has 1 amide bonds. The van der Waals surface area contributed by atoms with Gasteiger partial charge in [0, 0.05) is 38.2 Å². The Kier molecular flexibility index (Phi) is 5.08. The summed E-state index contributed by atoms with van der Waals surface area (Å²) in [6.45, 7) is 1.67. The van der Waals surface area contributed by atoms with Gasteiger partial charge in [0.15, 0.2) is 5.65 Å². The molecule has 4 N–H and O–H groups in total. The third-order valence-electron chi connectivity index (χ3n) is 6.67. The van der Waals surface area contributed by atoms with Crippen molar-refractivity contribution in [3.63, 3.8) is 0 Å². The first kappa shape index (κ1) is 22.3. The van der Waals surface area contributed by atoms with Crippen molar-refractivity contribution in [1.29, 1.82) is 0 Å². The molecule has 0 saturated heterocycles. The monoisotopic (exact) mass is 473 g/mol. The molecule has 2 aliphatic rings. The molecule has 0 aliphatic heterocycles. The zero-order valence-corrected chi connectivity index (χ0v) is 18.7. The molecule has 34 heavy (non-hydrogen) atoms. The predicted molar refractivity (Wildman–Crippen MR) is 121 cm³/mol. The van der Waals surface area contributed by atoms with E-state index in [-0.39, 0.29) is 41.6 Å². The number of halogens is 2. The summed E-state index contributed by atoms with van der Waals surface area (Å²) < 4.78 is 29.4. The van der Waals surface area contributed by atoms with Crippen LogP contribution >= 0.6 is 0 Å². The molecule has 5 rings (SSSR count). The minimum Gasteiger partial charge on any atom is -0.388 e. The van der Waals surface area contributed by atoms with Gasteiger partial charge in [-0.3, -0.25) is 9.59 Å². The van der Waals surface area contributed by atoms with Crippen molar-refractivity contribution in [3.05, 3.63) is 46.5 Å². The van der Waals surface area contributed by atoms with Crippen LogP contribution in [0, 0.1) is 0 Å². The van der Waals surface area contributed by atoms with Crippen LogP contribution in [0.4, 0.5) is 26.1 Å². The van der Waals surface area contributed by atoms with E-state index in [0.29, 0.717) is 18.7 Å². The van der Waals surface area contributed by atoms with Crippen LogP contribution < -0.4 is 21.5 Å². The SMILES string of the molecule is CNc1cc(Nc2cccn(C3CC(F)(F)C3)c2=O)nc2c(C(=O)N[C@@H]3CC[C@@]3(C)O)cnn12. The molecule has 2 aliphatic carbocycles. The molecule has 3 aromatic rings. The van der Waals surface area contributed by atoms with Crippen molar-refractivity contribution in [2.45, 2.75) is 56.2 Å². The molecule has 0 spiro atoms. The highest BCUT2D eigenvalue weighted by atomic mass is 19.3. The van der Waals surface area contributed by atoms with E-state index in [4.69, 9.17) is 0 Å². The average molecular weight is 473 g/mol. The van der Waals surface area contributed by atoms with Crippen LogP contribution in [0.25, 0.3) is 5.65 Å². The first-order valence-corrected chi connectivity index (χ1v) is 11.0. The molecule has 3 heterocycles. The number of carbonyl (C=O) groups excluding carboxylic acids is 1. The number of hydrogen-bond acceptors (Lipinski definition) is 7. The number of carbonyl (C=O) groups is 1. The molecule has 180 valence electrons. The highest BCUT2D eigenvalue weighted by molar-refractivity contribution is 6.00. The maximum atomic E-state index is 13.3. The molecule has 12 heteroatoms. The second-order valence-corrected chi connectivity index (χ2v) is 9.17. The lowest BCUT2D eigenvalue weighted by molar-refractivity contribution is -0.104. The molecular weight excluding hydrogens is 448 g/mol. The highest BCUT2D eigenvalue weighted by Gasteiger charge is 2.46. The lowest BCUT2D eigenvalue weighted by Gasteiger charge is -2.42. The van der Waals surface area contributed by atoms with E-state index in [1.54, 1.807) is 32.2 Å². The second-order valence-electron chi connectivity index (χ2n) is 9.17. The summed E-state index contributed by atoms with van der Waals surface area (Å²) in [4.78, 5) is 30.2. The van der Waals surface area contributed by atoms with Gasteiger partial charge in [-0.15, -0.1) is 0 Å². The smallest absolute Gasteiger partial charge is 0.274 e. The third kappa shape index (κ3) is 3.77. The molecule has 0 unspecified atom stereocenters. The van der Waals surface area contributed by atoms with Crippen molar-refractivity contribution in [1.82, 2.24) is 24.5 Å². The van der Waals surface area contributed by atoms with Gasteiger partial charge < -0.3 is 25.6 Å². The summed E-state index contributed by atoms with van der Waals surface area (Å²) in [6.07, 6.45) is 3.43. The molecule has 3 aromatic heterocycles. The Morgan fingerprint density at radius 2 is 2.09 bits per heavy atom. The first-order chi connectivity index (χ1) is 16.1. The second kappa shape index (κ2) is 7.76. The summed E-state index contributed by atoms with van der Waals surface area (Å²) in [5.41, 5.74) is -0.750. The molecule has 2 saturated carbocycles. The highest BCUT2D eigenvalue weighted by Crippen LogP contribution is 2.44. The van der Waals surface area contributed by atoms with Gasteiger partial charge in [0.1, 0.15) is 22.9 Å². The van der Waals surface area contributed by atoms with E-state index in [9.17, 15) is 23.5 Å². The van der Waals surface area contributed by atoms with E-state index in [1.807, 2.05) is 0 Å². The maximum Gasteiger partial charge on any atom is 0.274 e. The zero-order valence-electron chi connectivity index (χ0n) is 18.7. The van der Waals surface area contributed by atoms with Crippen LogP contribution in [0.5, 0.6) is 0 Å². The minimum absolute atomic E-state index is 0.174. The lowest BCUT2D eigenvalue weighted by atomic mass is 9.76. The number of aromatic nitrogens is 4. The fourth-order valence-electron chi connectivity index (χ4n) is 4.39. The normalized spacial score (nSPS) is 23.7. The number of hydrogen-bond donors (Lipinski definition) is 4. The Hall–Kier alpha value is -3.54.